The SMILES string of the molecule is O=C(NCCO)C(=O)NCC[C@H]1CCCCN1S(=O)(=O)c1ccc(Cl)cc1. The molecule has 1 fully saturated rings. The van der Waals surface area contributed by atoms with Crippen LogP contribution in [0.4, 0.5) is 0 Å². The molecular formula is C17H24ClN3O5S. The lowest BCUT2D eigenvalue weighted by Gasteiger charge is -2.34. The molecule has 1 saturated heterocycles. The van der Waals surface area contributed by atoms with Gasteiger partial charge in [0.15, 0.2) is 0 Å². The van der Waals surface area contributed by atoms with Crippen molar-refractivity contribution in [2.24, 2.45) is 0 Å². The molecule has 1 aromatic carbocycles. The highest BCUT2D eigenvalue weighted by molar-refractivity contribution is 7.89. The largest absolute Gasteiger partial charge is 0.395 e. The van der Waals surface area contributed by atoms with Crippen LogP contribution in [0.1, 0.15) is 25.7 Å². The van der Waals surface area contributed by atoms with Crippen molar-refractivity contribution in [1.29, 1.82) is 0 Å². The maximum absolute atomic E-state index is 12.9. The highest BCUT2D eigenvalue weighted by atomic mass is 35.5. The Kier molecular flexibility index (Phi) is 8.03. The number of carbonyl (C=O) groups excluding carboxylic acids is 2. The van der Waals surface area contributed by atoms with Crippen LogP contribution in [0.5, 0.6) is 0 Å². The van der Waals surface area contributed by atoms with Gasteiger partial charge >= 0.3 is 11.8 Å². The van der Waals surface area contributed by atoms with Gasteiger partial charge in [-0.15, -0.1) is 0 Å². The number of hydrogen-bond acceptors (Lipinski definition) is 5. The van der Waals surface area contributed by atoms with Crippen LogP contribution in [0.25, 0.3) is 0 Å². The first kappa shape index (κ1) is 21.6. The molecule has 1 heterocycles. The maximum Gasteiger partial charge on any atom is 0.309 e. The highest BCUT2D eigenvalue weighted by Gasteiger charge is 2.33. The van der Waals surface area contributed by atoms with Crippen molar-refractivity contribution >= 4 is 33.4 Å². The Balaban J connectivity index is 1.97. The lowest BCUT2D eigenvalue weighted by molar-refractivity contribution is -0.139. The van der Waals surface area contributed by atoms with E-state index in [0.717, 1.165) is 12.8 Å². The van der Waals surface area contributed by atoms with Crippen LogP contribution in [-0.4, -0.2) is 61.9 Å². The molecule has 3 N–H and O–H groups in total. The van der Waals surface area contributed by atoms with Crippen LogP contribution in [0.3, 0.4) is 0 Å². The van der Waals surface area contributed by atoms with E-state index in [1.54, 1.807) is 12.1 Å². The smallest absolute Gasteiger partial charge is 0.309 e. The van der Waals surface area contributed by atoms with Crippen molar-refractivity contribution in [2.45, 2.75) is 36.6 Å². The van der Waals surface area contributed by atoms with Gasteiger partial charge in [-0.3, -0.25) is 9.59 Å². The normalized spacial score (nSPS) is 18.1. The summed E-state index contributed by atoms with van der Waals surface area (Å²) in [6.07, 6.45) is 2.78. The number of aliphatic hydroxyl groups excluding tert-OH is 1. The molecule has 0 saturated carbocycles. The van der Waals surface area contributed by atoms with Gasteiger partial charge < -0.3 is 15.7 Å². The Morgan fingerprint density at radius 1 is 1.11 bits per heavy atom. The van der Waals surface area contributed by atoms with Crippen LogP contribution in [0.2, 0.25) is 5.02 Å². The van der Waals surface area contributed by atoms with E-state index in [4.69, 9.17) is 16.7 Å². The van der Waals surface area contributed by atoms with E-state index < -0.39 is 21.8 Å². The number of amides is 2. The first-order chi connectivity index (χ1) is 12.9. The van der Waals surface area contributed by atoms with E-state index in [-0.39, 0.29) is 30.6 Å². The summed E-state index contributed by atoms with van der Waals surface area (Å²) >= 11 is 5.84. The van der Waals surface area contributed by atoms with Gasteiger partial charge in [-0.1, -0.05) is 18.0 Å². The van der Waals surface area contributed by atoms with E-state index in [0.29, 0.717) is 24.4 Å². The molecule has 0 spiro atoms. The van der Waals surface area contributed by atoms with Crippen LogP contribution in [0, 0.1) is 0 Å². The van der Waals surface area contributed by atoms with Gasteiger partial charge in [0.1, 0.15) is 0 Å². The fourth-order valence-electron chi connectivity index (χ4n) is 3.00. The molecule has 8 nitrogen and oxygen atoms in total. The van der Waals surface area contributed by atoms with Crippen LogP contribution in [-0.2, 0) is 19.6 Å². The molecule has 150 valence electrons. The first-order valence-electron chi connectivity index (χ1n) is 8.80. The lowest BCUT2D eigenvalue weighted by atomic mass is 10.0. The molecule has 0 bridgehead atoms. The topological polar surface area (TPSA) is 116 Å². The van der Waals surface area contributed by atoms with E-state index in [9.17, 15) is 18.0 Å². The summed E-state index contributed by atoms with van der Waals surface area (Å²) in [5.41, 5.74) is 0. The zero-order chi connectivity index (χ0) is 19.9. The number of piperidine rings is 1. The molecule has 0 aliphatic carbocycles. The van der Waals surface area contributed by atoms with E-state index >= 15 is 0 Å². The lowest BCUT2D eigenvalue weighted by Crippen LogP contribution is -2.46. The number of nitrogens with zero attached hydrogens (tertiary/aromatic N) is 1. The zero-order valence-corrected chi connectivity index (χ0v) is 16.4. The molecule has 2 amide bonds. The quantitative estimate of drug-likeness (QED) is 0.558. The molecule has 1 aromatic rings. The minimum atomic E-state index is -3.65. The van der Waals surface area contributed by atoms with Gasteiger partial charge in [0.25, 0.3) is 0 Å². The van der Waals surface area contributed by atoms with E-state index in [1.165, 1.54) is 16.4 Å². The van der Waals surface area contributed by atoms with Gasteiger partial charge in [-0.05, 0) is 43.5 Å². The second kappa shape index (κ2) is 10.0. The van der Waals surface area contributed by atoms with Gasteiger partial charge in [-0.2, -0.15) is 4.31 Å². The van der Waals surface area contributed by atoms with Gasteiger partial charge in [0, 0.05) is 30.7 Å². The third-order valence-electron chi connectivity index (χ3n) is 4.36. The number of aliphatic hydroxyl groups is 1. The minimum absolute atomic E-state index is 0.00198. The fourth-order valence-corrected chi connectivity index (χ4v) is 4.85. The number of halogens is 1. The number of hydrogen-bond donors (Lipinski definition) is 3. The predicted octanol–water partition coefficient (Wildman–Crippen LogP) is 0.498. The molecule has 2 rings (SSSR count). The third-order valence-corrected chi connectivity index (χ3v) is 6.58. The monoisotopic (exact) mass is 417 g/mol. The van der Waals surface area contributed by atoms with Crippen LogP contribution < -0.4 is 10.6 Å². The summed E-state index contributed by atoms with van der Waals surface area (Å²) in [7, 11) is -3.65. The predicted molar refractivity (Wildman–Crippen MR) is 101 cm³/mol. The second-order valence-corrected chi connectivity index (χ2v) is 8.57. The second-order valence-electron chi connectivity index (χ2n) is 6.24. The number of sulfonamides is 1. The average Bonchev–Trinajstić information content (AvgIpc) is 2.66. The number of nitrogens with one attached hydrogen (secondary N) is 2. The summed E-state index contributed by atoms with van der Waals surface area (Å²) in [6, 6.07) is 5.80. The zero-order valence-electron chi connectivity index (χ0n) is 14.9. The average molecular weight is 418 g/mol. The molecule has 1 aliphatic rings. The summed E-state index contributed by atoms with van der Waals surface area (Å²) in [4.78, 5) is 23.3. The van der Waals surface area contributed by atoms with Crippen molar-refractivity contribution in [3.63, 3.8) is 0 Å². The van der Waals surface area contributed by atoms with Crippen molar-refractivity contribution in [3.05, 3.63) is 29.3 Å². The Labute approximate surface area is 163 Å². The number of rotatable bonds is 7. The van der Waals surface area contributed by atoms with Gasteiger partial charge in [-0.25, -0.2) is 8.42 Å². The minimum Gasteiger partial charge on any atom is -0.395 e. The first-order valence-corrected chi connectivity index (χ1v) is 10.6. The standard InChI is InChI=1S/C17H24ClN3O5S/c18-13-4-6-15(7-5-13)27(25,26)21-11-2-1-3-14(21)8-9-19-16(23)17(24)20-10-12-22/h4-7,14,22H,1-3,8-12H2,(H,19,23)(H,20,24)/t14-/m1/s1. The summed E-state index contributed by atoms with van der Waals surface area (Å²) in [5.74, 6) is -1.62. The molecule has 10 heteroatoms. The maximum atomic E-state index is 12.9. The molecule has 1 atom stereocenters. The molecule has 27 heavy (non-hydrogen) atoms. The summed E-state index contributed by atoms with van der Waals surface area (Å²) < 4.78 is 27.4. The van der Waals surface area contributed by atoms with Gasteiger partial charge in [0.05, 0.1) is 11.5 Å². The summed E-state index contributed by atoms with van der Waals surface area (Å²) in [5, 5.41) is 13.9. The van der Waals surface area contributed by atoms with Gasteiger partial charge in [0.2, 0.25) is 10.0 Å². The Morgan fingerprint density at radius 2 is 1.74 bits per heavy atom. The van der Waals surface area contributed by atoms with Crippen LogP contribution >= 0.6 is 11.6 Å². The van der Waals surface area contributed by atoms with Crippen LogP contribution in [0.15, 0.2) is 29.2 Å². The third kappa shape index (κ3) is 5.90. The molecular weight excluding hydrogens is 394 g/mol. The molecule has 1 aliphatic heterocycles. The van der Waals surface area contributed by atoms with Crippen molar-refractivity contribution in [3.8, 4) is 0 Å². The van der Waals surface area contributed by atoms with E-state index in [1.807, 2.05) is 0 Å². The summed E-state index contributed by atoms with van der Waals surface area (Å²) in [6.45, 7) is 0.351. The Bertz CT molecular complexity index is 754. The van der Waals surface area contributed by atoms with Crippen molar-refractivity contribution in [2.75, 3.05) is 26.2 Å². The fraction of sp³-hybridized carbons (Fsp3) is 0.529. The molecule has 0 aromatic heterocycles. The van der Waals surface area contributed by atoms with E-state index in [2.05, 4.69) is 10.6 Å². The number of carbonyl (C=O) groups is 2. The Morgan fingerprint density at radius 3 is 2.37 bits per heavy atom. The molecule has 0 radical (unpaired) electrons. The Hall–Kier alpha value is -1.68. The molecule has 0 unspecified atom stereocenters. The van der Waals surface area contributed by atoms with Crippen molar-refractivity contribution < 1.29 is 23.1 Å². The van der Waals surface area contributed by atoms with Crippen molar-refractivity contribution in [1.82, 2.24) is 14.9 Å². The number of benzene rings is 1. The highest BCUT2D eigenvalue weighted by Crippen LogP contribution is 2.27.